The van der Waals surface area contributed by atoms with Crippen molar-refractivity contribution in [3.63, 3.8) is 0 Å². The molecule has 1 amide bonds. The summed E-state index contributed by atoms with van der Waals surface area (Å²) in [6.07, 6.45) is 4.44. The highest BCUT2D eigenvalue weighted by molar-refractivity contribution is 9.10. The lowest BCUT2D eigenvalue weighted by Crippen LogP contribution is -2.15. The molecule has 2 atom stereocenters. The maximum absolute atomic E-state index is 11.9. The van der Waals surface area contributed by atoms with Crippen molar-refractivity contribution in [3.8, 4) is 0 Å². The number of aromatic nitrogens is 2. The third-order valence-electron chi connectivity index (χ3n) is 3.66. The van der Waals surface area contributed by atoms with Crippen LogP contribution in [-0.4, -0.2) is 22.9 Å². The topological polar surface area (TPSA) is 66.9 Å². The summed E-state index contributed by atoms with van der Waals surface area (Å²) in [7, 11) is 1.82. The van der Waals surface area contributed by atoms with E-state index in [-0.39, 0.29) is 11.8 Å². The van der Waals surface area contributed by atoms with Gasteiger partial charge in [0.2, 0.25) is 5.91 Å². The van der Waals surface area contributed by atoms with E-state index in [4.69, 9.17) is 0 Å². The number of anilines is 2. The molecular weight excluding hydrogens is 320 g/mol. The molecule has 0 aromatic carbocycles. The van der Waals surface area contributed by atoms with Gasteiger partial charge in [-0.2, -0.15) is 0 Å². The highest BCUT2D eigenvalue weighted by Gasteiger charge is 2.39. The predicted molar refractivity (Wildman–Crippen MR) is 82.7 cm³/mol. The number of nitrogens with one attached hydrogen (secondary N) is 2. The van der Waals surface area contributed by atoms with E-state index in [1.807, 2.05) is 13.1 Å². The molecule has 2 aromatic rings. The summed E-state index contributed by atoms with van der Waals surface area (Å²) in [5.41, 5.74) is 0. The first-order chi connectivity index (χ1) is 9.60. The Bertz CT molecular complexity index is 688. The maximum atomic E-state index is 11.9. The van der Waals surface area contributed by atoms with Gasteiger partial charge < -0.3 is 10.6 Å². The summed E-state index contributed by atoms with van der Waals surface area (Å²) in [5, 5.41) is 7.80. The Hall–Kier alpha value is -1.69. The first kappa shape index (κ1) is 13.3. The van der Waals surface area contributed by atoms with E-state index in [1.54, 1.807) is 12.4 Å². The van der Waals surface area contributed by atoms with Gasteiger partial charge in [0, 0.05) is 40.6 Å². The Labute approximate surface area is 125 Å². The number of fused-ring (bicyclic) bond motifs is 1. The number of carbonyl (C=O) groups excluding carboxylic acids is 1. The molecule has 1 aliphatic carbocycles. The predicted octanol–water partition coefficient (Wildman–Crippen LogP) is 3.03. The van der Waals surface area contributed by atoms with Crippen molar-refractivity contribution < 1.29 is 4.79 Å². The average Bonchev–Trinajstić information content (AvgIpc) is 3.17. The second kappa shape index (κ2) is 5.01. The minimum absolute atomic E-state index is 0.0587. The van der Waals surface area contributed by atoms with E-state index in [2.05, 4.69) is 43.5 Å². The summed E-state index contributed by atoms with van der Waals surface area (Å²) < 4.78 is 0.879. The number of halogens is 1. The van der Waals surface area contributed by atoms with Gasteiger partial charge in [-0.1, -0.05) is 6.92 Å². The summed E-state index contributed by atoms with van der Waals surface area (Å²) in [4.78, 5) is 20.5. The van der Waals surface area contributed by atoms with E-state index in [9.17, 15) is 4.79 Å². The van der Waals surface area contributed by atoms with Crippen LogP contribution in [0.15, 0.2) is 22.9 Å². The van der Waals surface area contributed by atoms with E-state index in [1.165, 1.54) is 0 Å². The summed E-state index contributed by atoms with van der Waals surface area (Å²) in [6.45, 7) is 2.08. The van der Waals surface area contributed by atoms with Crippen LogP contribution in [0.5, 0.6) is 0 Å². The Morgan fingerprint density at radius 2 is 2.10 bits per heavy atom. The lowest BCUT2D eigenvalue weighted by atomic mass is 10.2. The van der Waals surface area contributed by atoms with Crippen LogP contribution < -0.4 is 10.6 Å². The van der Waals surface area contributed by atoms with E-state index in [0.717, 1.165) is 27.5 Å². The Morgan fingerprint density at radius 3 is 2.75 bits per heavy atom. The number of hydrogen-bond acceptors (Lipinski definition) is 4. The quantitative estimate of drug-likeness (QED) is 0.905. The zero-order chi connectivity index (χ0) is 14.3. The molecule has 6 heteroatoms. The lowest BCUT2D eigenvalue weighted by molar-refractivity contribution is -0.117. The Morgan fingerprint density at radius 1 is 1.35 bits per heavy atom. The smallest absolute Gasteiger partial charge is 0.228 e. The molecule has 0 unspecified atom stereocenters. The molecule has 1 fully saturated rings. The highest BCUT2D eigenvalue weighted by atomic mass is 79.9. The SMILES string of the molecule is CNc1ncc(Br)c2cc(NC(=O)[C@H]3C[C@H]3C)ncc12. The second-order valence-electron chi connectivity index (χ2n) is 5.13. The van der Waals surface area contributed by atoms with Gasteiger partial charge in [0.15, 0.2) is 0 Å². The van der Waals surface area contributed by atoms with Crippen molar-refractivity contribution in [3.05, 3.63) is 22.9 Å². The van der Waals surface area contributed by atoms with Gasteiger partial charge in [-0.05, 0) is 34.3 Å². The third-order valence-corrected chi connectivity index (χ3v) is 4.29. The largest absolute Gasteiger partial charge is 0.373 e. The molecule has 2 aromatic heterocycles. The zero-order valence-corrected chi connectivity index (χ0v) is 12.9. The molecule has 0 radical (unpaired) electrons. The van der Waals surface area contributed by atoms with Crippen molar-refractivity contribution in [1.82, 2.24) is 9.97 Å². The minimum Gasteiger partial charge on any atom is -0.373 e. The molecule has 0 bridgehead atoms. The number of hydrogen-bond donors (Lipinski definition) is 2. The first-order valence-corrected chi connectivity index (χ1v) is 7.32. The molecule has 0 spiro atoms. The molecule has 5 nitrogen and oxygen atoms in total. The van der Waals surface area contributed by atoms with Gasteiger partial charge in [-0.15, -0.1) is 0 Å². The monoisotopic (exact) mass is 334 g/mol. The number of nitrogens with zero attached hydrogens (tertiary/aromatic N) is 2. The summed E-state index contributed by atoms with van der Waals surface area (Å²) in [5.74, 6) is 2.03. The van der Waals surface area contributed by atoms with Crippen molar-refractivity contribution >= 4 is 44.2 Å². The highest BCUT2D eigenvalue weighted by Crippen LogP contribution is 2.38. The molecular formula is C14H15BrN4O. The lowest BCUT2D eigenvalue weighted by Gasteiger charge is -2.09. The van der Waals surface area contributed by atoms with Gasteiger partial charge in [-0.25, -0.2) is 9.97 Å². The molecule has 1 saturated carbocycles. The van der Waals surface area contributed by atoms with Crippen molar-refractivity contribution in [2.24, 2.45) is 11.8 Å². The molecule has 1 aliphatic rings. The van der Waals surface area contributed by atoms with Crippen LogP contribution in [0, 0.1) is 11.8 Å². The third kappa shape index (κ3) is 2.35. The normalized spacial score (nSPS) is 20.8. The van der Waals surface area contributed by atoms with Crippen LogP contribution in [0.1, 0.15) is 13.3 Å². The molecule has 0 aliphatic heterocycles. The minimum atomic E-state index is 0.0587. The fraction of sp³-hybridized carbons (Fsp3) is 0.357. The van der Waals surface area contributed by atoms with Gasteiger partial charge in [-0.3, -0.25) is 4.79 Å². The van der Waals surface area contributed by atoms with Gasteiger partial charge in [0.05, 0.1) is 0 Å². The van der Waals surface area contributed by atoms with Crippen molar-refractivity contribution in [1.29, 1.82) is 0 Å². The fourth-order valence-electron chi connectivity index (χ4n) is 2.28. The number of pyridine rings is 2. The van der Waals surface area contributed by atoms with E-state index in [0.29, 0.717) is 11.7 Å². The van der Waals surface area contributed by atoms with Crippen molar-refractivity contribution in [2.75, 3.05) is 17.7 Å². The number of carbonyl (C=O) groups is 1. The van der Waals surface area contributed by atoms with E-state index < -0.39 is 0 Å². The molecule has 104 valence electrons. The van der Waals surface area contributed by atoms with Crippen LogP contribution >= 0.6 is 15.9 Å². The van der Waals surface area contributed by atoms with Crippen LogP contribution in [0.4, 0.5) is 11.6 Å². The average molecular weight is 335 g/mol. The van der Waals surface area contributed by atoms with Crippen molar-refractivity contribution in [2.45, 2.75) is 13.3 Å². The molecule has 20 heavy (non-hydrogen) atoms. The molecule has 2 N–H and O–H groups in total. The standard InChI is InChI=1S/C14H15BrN4O/c1-7-3-8(7)14(20)19-12-4-9-10(5-17-12)13(16-2)18-6-11(9)15/h4-8H,3H2,1-2H3,(H,16,18)(H,17,19,20)/t7-,8+/m1/s1. The van der Waals surface area contributed by atoms with E-state index >= 15 is 0 Å². The Kier molecular flexibility index (Phi) is 3.33. The zero-order valence-electron chi connectivity index (χ0n) is 11.3. The fourth-order valence-corrected chi connectivity index (χ4v) is 2.71. The maximum Gasteiger partial charge on any atom is 0.228 e. The first-order valence-electron chi connectivity index (χ1n) is 6.53. The van der Waals surface area contributed by atoms with Gasteiger partial charge in [0.25, 0.3) is 0 Å². The van der Waals surface area contributed by atoms with Crippen LogP contribution in [0.3, 0.4) is 0 Å². The molecule has 0 saturated heterocycles. The van der Waals surface area contributed by atoms with Gasteiger partial charge in [0.1, 0.15) is 11.6 Å². The summed E-state index contributed by atoms with van der Waals surface area (Å²) in [6, 6.07) is 1.87. The van der Waals surface area contributed by atoms with Crippen LogP contribution in [0.2, 0.25) is 0 Å². The Balaban J connectivity index is 1.94. The van der Waals surface area contributed by atoms with Gasteiger partial charge >= 0.3 is 0 Å². The number of rotatable bonds is 3. The van der Waals surface area contributed by atoms with Crippen LogP contribution in [0.25, 0.3) is 10.8 Å². The van der Waals surface area contributed by atoms with Crippen LogP contribution in [-0.2, 0) is 4.79 Å². The molecule has 2 heterocycles. The second-order valence-corrected chi connectivity index (χ2v) is 5.98. The molecule has 3 rings (SSSR count). The summed E-state index contributed by atoms with van der Waals surface area (Å²) >= 11 is 3.48. The number of amides is 1.